The summed E-state index contributed by atoms with van der Waals surface area (Å²) in [7, 11) is 0. The molecule has 1 N–H and O–H groups in total. The second-order valence-corrected chi connectivity index (χ2v) is 3.79. The lowest BCUT2D eigenvalue weighted by atomic mass is 10.1. The summed E-state index contributed by atoms with van der Waals surface area (Å²) in [4.78, 5) is 10.2. The molecule has 0 aromatic heterocycles. The maximum absolute atomic E-state index is 10.7. The van der Waals surface area contributed by atoms with Crippen LogP contribution in [0.2, 0.25) is 0 Å². The van der Waals surface area contributed by atoms with Crippen LogP contribution in [0.25, 0.3) is 0 Å². The smallest absolute Gasteiger partial charge is 0.276 e. The highest BCUT2D eigenvalue weighted by Crippen LogP contribution is 2.19. The number of aliphatic hydroxyl groups excluding tert-OH is 1. The maximum Gasteiger partial charge on any atom is 0.276 e. The van der Waals surface area contributed by atoms with Crippen molar-refractivity contribution in [2.24, 2.45) is 0 Å². The molecule has 0 spiro atoms. The number of nitrogens with zero attached hydrogens (tertiary/aromatic N) is 1. The van der Waals surface area contributed by atoms with E-state index < -0.39 is 4.92 Å². The first-order valence-corrected chi connectivity index (χ1v) is 5.74. The summed E-state index contributed by atoms with van der Waals surface area (Å²) >= 11 is 3.24. The van der Waals surface area contributed by atoms with Crippen LogP contribution in [0, 0.1) is 22.0 Å². The molecule has 0 fully saturated rings. The quantitative estimate of drug-likeness (QED) is 0.400. The number of benzene rings is 1. The molecule has 0 amide bonds. The fourth-order valence-electron chi connectivity index (χ4n) is 1.16. The number of nitro benzene ring substituents is 1. The van der Waals surface area contributed by atoms with Crippen molar-refractivity contribution in [3.05, 3.63) is 39.4 Å². The van der Waals surface area contributed by atoms with Crippen LogP contribution < -0.4 is 0 Å². The first-order chi connectivity index (χ1) is 7.69. The Labute approximate surface area is 102 Å². The largest absolute Gasteiger partial charge is 0.391 e. The van der Waals surface area contributed by atoms with E-state index in [1.54, 1.807) is 6.07 Å². The lowest BCUT2D eigenvalue weighted by Crippen LogP contribution is -1.95. The van der Waals surface area contributed by atoms with Gasteiger partial charge >= 0.3 is 0 Å². The van der Waals surface area contributed by atoms with Crippen molar-refractivity contribution in [3.8, 4) is 11.8 Å². The SMILES string of the molecule is O=[N+]([O-])c1cc(C#CCCBr)ccc1CO. The van der Waals surface area contributed by atoms with Crippen LogP contribution in [-0.4, -0.2) is 15.4 Å². The van der Waals surface area contributed by atoms with Crippen molar-refractivity contribution in [1.82, 2.24) is 0 Å². The highest BCUT2D eigenvalue weighted by atomic mass is 79.9. The van der Waals surface area contributed by atoms with Gasteiger partial charge in [0.2, 0.25) is 0 Å². The van der Waals surface area contributed by atoms with Crippen LogP contribution in [0.5, 0.6) is 0 Å². The van der Waals surface area contributed by atoms with Gasteiger partial charge in [-0.2, -0.15) is 0 Å². The molecule has 1 rings (SSSR count). The zero-order chi connectivity index (χ0) is 12.0. The van der Waals surface area contributed by atoms with E-state index in [4.69, 9.17) is 5.11 Å². The molecule has 0 aliphatic heterocycles. The Morgan fingerprint density at radius 1 is 1.50 bits per heavy atom. The molecule has 84 valence electrons. The molecule has 0 aliphatic carbocycles. The summed E-state index contributed by atoms with van der Waals surface area (Å²) < 4.78 is 0. The lowest BCUT2D eigenvalue weighted by molar-refractivity contribution is -0.385. The zero-order valence-electron chi connectivity index (χ0n) is 8.44. The topological polar surface area (TPSA) is 63.4 Å². The van der Waals surface area contributed by atoms with E-state index in [-0.39, 0.29) is 12.3 Å². The second-order valence-electron chi connectivity index (χ2n) is 3.00. The molecule has 5 heteroatoms. The summed E-state index contributed by atoms with van der Waals surface area (Å²) in [6, 6.07) is 4.57. The van der Waals surface area contributed by atoms with E-state index in [2.05, 4.69) is 27.8 Å². The fraction of sp³-hybridized carbons (Fsp3) is 0.273. The highest BCUT2D eigenvalue weighted by Gasteiger charge is 2.12. The van der Waals surface area contributed by atoms with E-state index in [0.717, 1.165) is 5.33 Å². The maximum atomic E-state index is 10.7. The third-order valence-corrected chi connectivity index (χ3v) is 2.30. The molecule has 1 aromatic rings. The number of hydrogen-bond acceptors (Lipinski definition) is 3. The third-order valence-electron chi connectivity index (χ3n) is 1.90. The Hall–Kier alpha value is -1.38. The molecular formula is C11H10BrNO3. The van der Waals surface area contributed by atoms with E-state index in [1.165, 1.54) is 12.1 Å². The average Bonchev–Trinajstić information content (AvgIpc) is 2.29. The van der Waals surface area contributed by atoms with Crippen molar-refractivity contribution in [2.45, 2.75) is 13.0 Å². The minimum atomic E-state index is -0.513. The lowest BCUT2D eigenvalue weighted by Gasteiger charge is -1.99. The predicted octanol–water partition coefficient (Wildman–Crippen LogP) is 2.22. The molecule has 0 bridgehead atoms. The molecule has 0 heterocycles. The molecule has 0 atom stereocenters. The van der Waals surface area contributed by atoms with Gasteiger partial charge in [0.25, 0.3) is 5.69 Å². The molecule has 0 saturated heterocycles. The summed E-state index contributed by atoms with van der Waals surface area (Å²) in [6.45, 7) is -0.342. The fourth-order valence-corrected chi connectivity index (χ4v) is 1.36. The Kier molecular flexibility index (Phi) is 4.96. The van der Waals surface area contributed by atoms with Gasteiger partial charge in [-0.05, 0) is 12.1 Å². The monoisotopic (exact) mass is 283 g/mol. The Morgan fingerprint density at radius 2 is 2.25 bits per heavy atom. The molecule has 1 aromatic carbocycles. The first kappa shape index (κ1) is 12.7. The van der Waals surface area contributed by atoms with E-state index in [1.807, 2.05) is 0 Å². The summed E-state index contributed by atoms with van der Waals surface area (Å²) in [5.41, 5.74) is 0.800. The van der Waals surface area contributed by atoms with Gasteiger partial charge in [0, 0.05) is 23.4 Å². The Morgan fingerprint density at radius 3 is 2.81 bits per heavy atom. The van der Waals surface area contributed by atoms with Crippen LogP contribution in [0.3, 0.4) is 0 Å². The van der Waals surface area contributed by atoms with Crippen molar-refractivity contribution in [1.29, 1.82) is 0 Å². The highest BCUT2D eigenvalue weighted by molar-refractivity contribution is 9.09. The number of nitro groups is 1. The predicted molar refractivity (Wildman–Crippen MR) is 64.3 cm³/mol. The molecule has 16 heavy (non-hydrogen) atoms. The summed E-state index contributed by atoms with van der Waals surface area (Å²) in [5, 5.41) is 20.4. The number of rotatable bonds is 3. The normalized spacial score (nSPS) is 9.38. The van der Waals surface area contributed by atoms with Gasteiger partial charge in [0.05, 0.1) is 17.1 Å². The van der Waals surface area contributed by atoms with Crippen LogP contribution >= 0.6 is 15.9 Å². The second kappa shape index (κ2) is 6.26. The van der Waals surface area contributed by atoms with Crippen LogP contribution in [0.15, 0.2) is 18.2 Å². The van der Waals surface area contributed by atoms with Crippen LogP contribution in [0.1, 0.15) is 17.5 Å². The molecule has 0 aliphatic rings. The van der Waals surface area contributed by atoms with E-state index in [0.29, 0.717) is 17.5 Å². The zero-order valence-corrected chi connectivity index (χ0v) is 10.0. The van der Waals surface area contributed by atoms with Crippen LogP contribution in [-0.2, 0) is 6.61 Å². The number of hydrogen-bond donors (Lipinski definition) is 1. The van der Waals surface area contributed by atoms with E-state index in [9.17, 15) is 10.1 Å². The standard InChI is InChI=1S/C11H10BrNO3/c12-6-2-1-3-9-4-5-10(8-14)11(7-9)13(15)16/h4-5,7,14H,2,6,8H2. The Bertz CT molecular complexity index is 448. The minimum Gasteiger partial charge on any atom is -0.391 e. The Balaban J connectivity index is 3.04. The summed E-state index contributed by atoms with van der Waals surface area (Å²) in [5.74, 6) is 5.70. The van der Waals surface area contributed by atoms with Crippen molar-refractivity contribution in [3.63, 3.8) is 0 Å². The van der Waals surface area contributed by atoms with Gasteiger partial charge in [-0.25, -0.2) is 0 Å². The van der Waals surface area contributed by atoms with Crippen molar-refractivity contribution < 1.29 is 10.0 Å². The van der Waals surface area contributed by atoms with Gasteiger partial charge < -0.3 is 5.11 Å². The molecule has 0 saturated carbocycles. The van der Waals surface area contributed by atoms with Gasteiger partial charge in [0.1, 0.15) is 0 Å². The van der Waals surface area contributed by atoms with E-state index >= 15 is 0 Å². The van der Waals surface area contributed by atoms with Gasteiger partial charge in [-0.15, -0.1) is 0 Å². The molecule has 0 radical (unpaired) electrons. The van der Waals surface area contributed by atoms with Crippen LogP contribution in [0.4, 0.5) is 5.69 Å². The van der Waals surface area contributed by atoms with Crippen molar-refractivity contribution in [2.75, 3.05) is 5.33 Å². The number of alkyl halides is 1. The molecule has 0 unspecified atom stereocenters. The van der Waals surface area contributed by atoms with Gasteiger partial charge in [0.15, 0.2) is 0 Å². The first-order valence-electron chi connectivity index (χ1n) is 4.62. The number of aliphatic hydroxyl groups is 1. The molecular weight excluding hydrogens is 274 g/mol. The van der Waals surface area contributed by atoms with Crippen molar-refractivity contribution >= 4 is 21.6 Å². The third kappa shape index (κ3) is 3.33. The van der Waals surface area contributed by atoms with Gasteiger partial charge in [-0.3, -0.25) is 10.1 Å². The average molecular weight is 284 g/mol. The van der Waals surface area contributed by atoms with Gasteiger partial charge in [-0.1, -0.05) is 27.8 Å². The number of halogens is 1. The molecule has 4 nitrogen and oxygen atoms in total. The minimum absolute atomic E-state index is 0.0897. The summed E-state index contributed by atoms with van der Waals surface area (Å²) in [6.07, 6.45) is 0.690.